The monoisotopic (exact) mass is 295 g/mol. The summed E-state index contributed by atoms with van der Waals surface area (Å²) in [6.45, 7) is 2.04. The molecule has 0 fully saturated rings. The normalized spacial score (nSPS) is 16.4. The lowest BCUT2D eigenvalue weighted by Crippen LogP contribution is -2.05. The maximum atomic E-state index is 12.1. The van der Waals surface area contributed by atoms with Gasteiger partial charge in [-0.3, -0.25) is 9.78 Å². The van der Waals surface area contributed by atoms with E-state index in [0.717, 1.165) is 29.0 Å². The molecule has 22 heavy (non-hydrogen) atoms. The molecule has 1 aromatic carbocycles. The van der Waals surface area contributed by atoms with Crippen molar-refractivity contribution >= 4 is 11.9 Å². The van der Waals surface area contributed by atoms with Crippen LogP contribution in [-0.4, -0.2) is 24.0 Å². The second-order valence-corrected chi connectivity index (χ2v) is 5.27. The molecule has 0 amide bonds. The standard InChI is InChI=1S/C18H17NO3/c1-12-8-15-10-17(21-2)13(9-18(15)22-12)5-6-16(20)14-4-3-7-19-11-14/h3-7,9-12H,8H2,1-2H3/b6-5+. The Hall–Kier alpha value is -2.62. The summed E-state index contributed by atoms with van der Waals surface area (Å²) >= 11 is 0. The molecule has 0 aliphatic carbocycles. The number of methoxy groups -OCH3 is 1. The SMILES string of the molecule is COc1cc2c(cc1/C=C/C(=O)c1cccnc1)OC(C)C2. The lowest BCUT2D eigenvalue weighted by molar-refractivity contribution is 0.104. The Labute approximate surface area is 129 Å². The van der Waals surface area contributed by atoms with Crippen molar-refractivity contribution in [2.45, 2.75) is 19.4 Å². The molecule has 4 heteroatoms. The van der Waals surface area contributed by atoms with E-state index in [1.54, 1.807) is 37.7 Å². The van der Waals surface area contributed by atoms with Crippen LogP contribution in [0.25, 0.3) is 6.08 Å². The molecular formula is C18H17NO3. The van der Waals surface area contributed by atoms with Crippen LogP contribution < -0.4 is 9.47 Å². The minimum Gasteiger partial charge on any atom is -0.496 e. The van der Waals surface area contributed by atoms with E-state index in [4.69, 9.17) is 9.47 Å². The van der Waals surface area contributed by atoms with Crippen LogP contribution in [0.2, 0.25) is 0 Å². The molecule has 1 aliphatic rings. The highest BCUT2D eigenvalue weighted by atomic mass is 16.5. The highest BCUT2D eigenvalue weighted by Gasteiger charge is 2.21. The molecule has 0 saturated carbocycles. The fraction of sp³-hybridized carbons (Fsp3) is 0.222. The van der Waals surface area contributed by atoms with Gasteiger partial charge in [0.15, 0.2) is 5.78 Å². The lowest BCUT2D eigenvalue weighted by atomic mass is 10.1. The van der Waals surface area contributed by atoms with Crippen LogP contribution in [0, 0.1) is 0 Å². The fourth-order valence-corrected chi connectivity index (χ4v) is 2.53. The van der Waals surface area contributed by atoms with Gasteiger partial charge in [-0.05, 0) is 43.3 Å². The molecule has 1 unspecified atom stereocenters. The van der Waals surface area contributed by atoms with Gasteiger partial charge in [-0.1, -0.05) is 0 Å². The van der Waals surface area contributed by atoms with Gasteiger partial charge < -0.3 is 9.47 Å². The first-order chi connectivity index (χ1) is 10.7. The van der Waals surface area contributed by atoms with Crippen molar-refractivity contribution in [3.8, 4) is 11.5 Å². The Kier molecular flexibility index (Phi) is 3.92. The third-order valence-electron chi connectivity index (χ3n) is 3.61. The second kappa shape index (κ2) is 6.02. The van der Waals surface area contributed by atoms with Crippen molar-refractivity contribution in [2.75, 3.05) is 7.11 Å². The van der Waals surface area contributed by atoms with E-state index in [9.17, 15) is 4.79 Å². The minimum atomic E-state index is -0.0927. The molecule has 2 aromatic rings. The number of benzene rings is 1. The fourth-order valence-electron chi connectivity index (χ4n) is 2.53. The van der Waals surface area contributed by atoms with Crippen LogP contribution in [0.5, 0.6) is 11.5 Å². The van der Waals surface area contributed by atoms with Crippen molar-refractivity contribution in [3.63, 3.8) is 0 Å². The van der Waals surface area contributed by atoms with Gasteiger partial charge in [0.1, 0.15) is 17.6 Å². The molecule has 1 aliphatic heterocycles. The Morgan fingerprint density at radius 3 is 3.05 bits per heavy atom. The second-order valence-electron chi connectivity index (χ2n) is 5.27. The third kappa shape index (κ3) is 2.86. The molecule has 112 valence electrons. The van der Waals surface area contributed by atoms with Crippen molar-refractivity contribution in [1.29, 1.82) is 0 Å². The largest absolute Gasteiger partial charge is 0.496 e. The zero-order chi connectivity index (χ0) is 15.5. The van der Waals surface area contributed by atoms with E-state index in [2.05, 4.69) is 4.98 Å². The van der Waals surface area contributed by atoms with E-state index in [0.29, 0.717) is 5.56 Å². The van der Waals surface area contributed by atoms with Gasteiger partial charge >= 0.3 is 0 Å². The van der Waals surface area contributed by atoms with Gasteiger partial charge in [0.2, 0.25) is 0 Å². The van der Waals surface area contributed by atoms with E-state index in [-0.39, 0.29) is 11.9 Å². The van der Waals surface area contributed by atoms with Crippen LogP contribution in [0.1, 0.15) is 28.4 Å². The van der Waals surface area contributed by atoms with Gasteiger partial charge in [-0.2, -0.15) is 0 Å². The number of pyridine rings is 1. The molecule has 0 spiro atoms. The summed E-state index contributed by atoms with van der Waals surface area (Å²) in [5.74, 6) is 1.51. The Bertz CT molecular complexity index is 723. The van der Waals surface area contributed by atoms with E-state index in [1.165, 1.54) is 6.08 Å². The lowest BCUT2D eigenvalue weighted by Gasteiger charge is -2.08. The van der Waals surface area contributed by atoms with Crippen molar-refractivity contribution < 1.29 is 14.3 Å². The highest BCUT2D eigenvalue weighted by molar-refractivity contribution is 6.06. The summed E-state index contributed by atoms with van der Waals surface area (Å²) in [5.41, 5.74) is 2.52. The minimum absolute atomic E-state index is 0.0927. The molecule has 3 rings (SSSR count). The maximum Gasteiger partial charge on any atom is 0.187 e. The zero-order valence-electron chi connectivity index (χ0n) is 12.6. The number of carbonyl (C=O) groups is 1. The van der Waals surface area contributed by atoms with Gasteiger partial charge in [0, 0.05) is 35.5 Å². The predicted octanol–water partition coefficient (Wildman–Crippen LogP) is 3.31. The Morgan fingerprint density at radius 2 is 2.32 bits per heavy atom. The summed E-state index contributed by atoms with van der Waals surface area (Å²) in [6.07, 6.45) is 7.53. The first-order valence-corrected chi connectivity index (χ1v) is 7.17. The number of rotatable bonds is 4. The molecule has 0 saturated heterocycles. The molecule has 1 atom stereocenters. The molecule has 0 N–H and O–H groups in total. The van der Waals surface area contributed by atoms with Crippen molar-refractivity contribution in [1.82, 2.24) is 4.98 Å². The first kappa shape index (κ1) is 14.3. The molecule has 1 aromatic heterocycles. The number of ketones is 1. The summed E-state index contributed by atoms with van der Waals surface area (Å²) in [6, 6.07) is 7.38. The van der Waals surface area contributed by atoms with Crippen LogP contribution in [-0.2, 0) is 6.42 Å². The molecule has 2 heterocycles. The first-order valence-electron chi connectivity index (χ1n) is 7.17. The topological polar surface area (TPSA) is 48.4 Å². The van der Waals surface area contributed by atoms with Crippen LogP contribution in [0.15, 0.2) is 42.7 Å². The van der Waals surface area contributed by atoms with Gasteiger partial charge in [-0.25, -0.2) is 0 Å². The molecule has 0 bridgehead atoms. The van der Waals surface area contributed by atoms with Crippen LogP contribution >= 0.6 is 0 Å². The van der Waals surface area contributed by atoms with Crippen LogP contribution in [0.4, 0.5) is 0 Å². The third-order valence-corrected chi connectivity index (χ3v) is 3.61. The molecule has 0 radical (unpaired) electrons. The van der Waals surface area contributed by atoms with Crippen molar-refractivity contribution in [3.05, 3.63) is 59.4 Å². The summed E-state index contributed by atoms with van der Waals surface area (Å²) in [4.78, 5) is 16.1. The Morgan fingerprint density at radius 1 is 1.45 bits per heavy atom. The number of carbonyl (C=O) groups excluding carboxylic acids is 1. The van der Waals surface area contributed by atoms with E-state index >= 15 is 0 Å². The number of hydrogen-bond donors (Lipinski definition) is 0. The zero-order valence-corrected chi connectivity index (χ0v) is 12.6. The average molecular weight is 295 g/mol. The molecular weight excluding hydrogens is 278 g/mol. The quantitative estimate of drug-likeness (QED) is 0.641. The number of fused-ring (bicyclic) bond motifs is 1. The van der Waals surface area contributed by atoms with Crippen LogP contribution in [0.3, 0.4) is 0 Å². The van der Waals surface area contributed by atoms with Gasteiger partial charge in [-0.15, -0.1) is 0 Å². The van der Waals surface area contributed by atoms with E-state index in [1.807, 2.05) is 19.1 Å². The Balaban J connectivity index is 1.87. The predicted molar refractivity (Wildman–Crippen MR) is 84.4 cm³/mol. The van der Waals surface area contributed by atoms with Crippen molar-refractivity contribution in [2.24, 2.45) is 0 Å². The van der Waals surface area contributed by atoms with Gasteiger partial charge in [0.05, 0.1) is 7.11 Å². The average Bonchev–Trinajstić information content (AvgIpc) is 2.91. The highest BCUT2D eigenvalue weighted by Crippen LogP contribution is 2.35. The summed E-state index contributed by atoms with van der Waals surface area (Å²) < 4.78 is 11.2. The van der Waals surface area contributed by atoms with E-state index < -0.39 is 0 Å². The number of hydrogen-bond acceptors (Lipinski definition) is 4. The number of allylic oxidation sites excluding steroid dienone is 1. The maximum absolute atomic E-state index is 12.1. The smallest absolute Gasteiger partial charge is 0.187 e. The van der Waals surface area contributed by atoms with Gasteiger partial charge in [0.25, 0.3) is 0 Å². The number of aromatic nitrogens is 1. The number of nitrogens with zero attached hydrogens (tertiary/aromatic N) is 1. The number of ether oxygens (including phenoxy) is 2. The summed E-state index contributed by atoms with van der Waals surface area (Å²) in [7, 11) is 1.63. The summed E-state index contributed by atoms with van der Waals surface area (Å²) in [5, 5.41) is 0. The molecule has 4 nitrogen and oxygen atoms in total.